The van der Waals surface area contributed by atoms with Gasteiger partial charge in [0.2, 0.25) is 0 Å². The monoisotopic (exact) mass is 1540 g/mol. The van der Waals surface area contributed by atoms with Gasteiger partial charge in [-0.3, -0.25) is 0 Å². The predicted octanol–water partition coefficient (Wildman–Crippen LogP) is 27.7. The Morgan fingerprint density at radius 1 is 0.327 bits per heavy atom. The Labute approximate surface area is 667 Å². The molecule has 2 aliphatic carbocycles. The summed E-state index contributed by atoms with van der Waals surface area (Å²) in [5.41, 5.74) is 18.1. The van der Waals surface area contributed by atoms with Crippen LogP contribution in [0.4, 0.5) is 0 Å². The van der Waals surface area contributed by atoms with Crippen molar-refractivity contribution in [2.45, 2.75) is 465 Å². The van der Waals surface area contributed by atoms with Crippen LogP contribution in [0.3, 0.4) is 0 Å². The van der Waals surface area contributed by atoms with Crippen molar-refractivity contribution in [1.82, 2.24) is 0 Å². The van der Waals surface area contributed by atoms with E-state index in [1.165, 1.54) is 411 Å². The maximum absolute atomic E-state index is 2.80. The number of aryl methyl sites for hydroxylation is 2. The summed E-state index contributed by atoms with van der Waals surface area (Å²) in [4.78, 5) is 0. The minimum absolute atomic E-state index is 0. The van der Waals surface area contributed by atoms with Crippen LogP contribution in [0.15, 0.2) is 88.2 Å². The molecule has 0 spiro atoms. The molecule has 0 saturated heterocycles. The summed E-state index contributed by atoms with van der Waals surface area (Å²) >= 11 is -2.80. The molecule has 3 heteroatoms. The molecule has 0 bridgehead atoms. The molecule has 0 N–H and O–H groups in total. The topological polar surface area (TPSA) is 0 Å². The Morgan fingerprint density at radius 3 is 0.923 bits per heavy atom. The van der Waals surface area contributed by atoms with E-state index in [-0.39, 0.29) is 35.6 Å². The zero-order valence-corrected chi connectivity index (χ0v) is 74.2. The van der Waals surface area contributed by atoms with E-state index in [0.717, 1.165) is 12.8 Å². The van der Waals surface area contributed by atoms with Gasteiger partial charge in [-0.05, 0) is 0 Å². The van der Waals surface area contributed by atoms with Gasteiger partial charge in [-0.25, -0.2) is 0 Å². The van der Waals surface area contributed by atoms with Gasteiger partial charge in [-0.1, -0.05) is 245 Å². The third-order valence-electron chi connectivity index (χ3n) is 24.2. The first kappa shape index (κ1) is 94.1. The van der Waals surface area contributed by atoms with Crippen molar-refractivity contribution in [3.8, 4) is 33.4 Å². The minimum atomic E-state index is -2.80. The fraction of sp³-hybridized carbons (Fsp3) is 0.713. The van der Waals surface area contributed by atoms with E-state index in [2.05, 4.69) is 154 Å². The zero-order valence-electron chi connectivity index (χ0n) is 70.3. The van der Waals surface area contributed by atoms with Crippen LogP contribution in [0.5, 0.6) is 0 Å². The van der Waals surface area contributed by atoms with Gasteiger partial charge < -0.3 is 24.8 Å². The molecule has 4 aromatic carbocycles. The summed E-state index contributed by atoms with van der Waals surface area (Å²) in [7, 11) is 0. The van der Waals surface area contributed by atoms with Gasteiger partial charge in [0.1, 0.15) is 0 Å². The molecule has 4 aromatic rings. The summed E-state index contributed by atoms with van der Waals surface area (Å²) in [5, 5.41) is 0. The minimum Gasteiger partial charge on any atom is -1.00 e. The standard InChI is InChI=1S/C61H122.C35H37.C5H5.2ClH.Zr/c1-3-5-7-9-11-13-15-17-19-21-23-25-27-29-31-33-35-37-39-41-43-45-47-49-51-53-55-57-59-61-60-58-56-54-52-50-48-46-44-42-40-38-36-34-32-30-28-26-24-22-20-18-16-14-12-10-8-6-4-2;1-22-13-9-11-15-26(22)30-18-24-17-25-19-31(27-16-12-10-14-23(27)2)33(35(6,7)8)21-29(25)28(24)20-32(30)34(3,4)5;1-2-4-5-3-1;;;/h3-60H2,1-2H3;9-16,18,20-21H,17H2,1-8H3;1-3H,4H2;2*1H;/q;;;;;+2/p-2. The molecule has 0 atom stereocenters. The molecule has 0 unspecified atom stereocenters. The van der Waals surface area contributed by atoms with Crippen LogP contribution in [0.25, 0.3) is 33.4 Å². The van der Waals surface area contributed by atoms with Gasteiger partial charge in [-0.2, -0.15) is 0 Å². The molecule has 586 valence electrons. The summed E-state index contributed by atoms with van der Waals surface area (Å²) in [6, 6.07) is 26.8. The van der Waals surface area contributed by atoms with E-state index < -0.39 is 21.3 Å². The van der Waals surface area contributed by atoms with Crippen molar-refractivity contribution >= 4 is 6.48 Å². The van der Waals surface area contributed by atoms with E-state index in [0.29, 0.717) is 0 Å². The van der Waals surface area contributed by atoms with Crippen LogP contribution in [-0.2, 0) is 38.5 Å². The van der Waals surface area contributed by atoms with Crippen molar-refractivity contribution in [3.63, 3.8) is 0 Å². The van der Waals surface area contributed by atoms with Crippen molar-refractivity contribution in [2.24, 2.45) is 0 Å². The van der Waals surface area contributed by atoms with E-state index >= 15 is 0 Å². The Bertz CT molecular complexity index is 2870. The average molecular weight is 1540 g/mol. The van der Waals surface area contributed by atoms with E-state index in [1.807, 2.05) is 9.76 Å². The molecule has 0 aliphatic heterocycles. The number of halogens is 2. The Hall–Kier alpha value is -2.31. The molecular formula is C101H164Cl2Zr. The van der Waals surface area contributed by atoms with Crippen LogP contribution >= 0.6 is 0 Å². The third-order valence-corrected chi connectivity index (χ3v) is 32.2. The molecular weight excluding hydrogens is 1380 g/mol. The number of allylic oxidation sites excluding steroid dienone is 4. The van der Waals surface area contributed by atoms with Gasteiger partial charge in [0.25, 0.3) is 0 Å². The van der Waals surface area contributed by atoms with Crippen molar-refractivity contribution in [1.29, 1.82) is 0 Å². The van der Waals surface area contributed by atoms with Crippen LogP contribution in [0, 0.1) is 13.8 Å². The first-order valence-electron chi connectivity index (χ1n) is 45.4. The Kier molecular flexibility index (Phi) is 52.2. The fourth-order valence-electron chi connectivity index (χ4n) is 17.7. The molecule has 104 heavy (non-hydrogen) atoms. The first-order chi connectivity index (χ1) is 49.8. The number of hydrogen-bond donors (Lipinski definition) is 0. The SMILES string of the molecule is CCCCCCCCCCCCCCCCCCCCCCCCCCCCCC[C](CCCCCCCCCCCCCCCCCCCCCCCCCCCCCC)=[Zr+2]([C]1=CC=CC1)[c]1c2c(cc(C(C)(C)C)c1-c1ccccc1C)-c1cc(C(C)(C)C)c(-c3ccccc3C)cc1C2.[Cl-].[Cl-]. The Morgan fingerprint density at radius 2 is 0.625 bits per heavy atom. The molecule has 0 heterocycles. The fourth-order valence-corrected chi connectivity index (χ4v) is 26.6. The molecule has 0 radical (unpaired) electrons. The second-order valence-electron chi connectivity index (χ2n) is 35.5. The average Bonchev–Trinajstić information content (AvgIpc) is 1.50. The third kappa shape index (κ3) is 36.7. The van der Waals surface area contributed by atoms with Crippen molar-refractivity contribution in [3.05, 3.63) is 122 Å². The molecule has 2 aliphatic rings. The summed E-state index contributed by atoms with van der Waals surface area (Å²) < 4.78 is 5.72. The molecule has 0 aromatic heterocycles. The quantitative estimate of drug-likeness (QED) is 0.0340. The number of hydrogen-bond acceptors (Lipinski definition) is 0. The molecule has 0 amide bonds. The number of benzene rings is 4. The van der Waals surface area contributed by atoms with Crippen LogP contribution < -0.4 is 28.1 Å². The van der Waals surface area contributed by atoms with Crippen LogP contribution in [0.2, 0.25) is 0 Å². The Balaban J connectivity index is 0.0000114. The predicted molar refractivity (Wildman–Crippen MR) is 458 cm³/mol. The van der Waals surface area contributed by atoms with Crippen LogP contribution in [-0.4, -0.2) is 3.21 Å². The molecule has 0 nitrogen and oxygen atoms in total. The van der Waals surface area contributed by atoms with E-state index in [1.54, 1.807) is 27.8 Å². The number of fused-ring (bicyclic) bond motifs is 3. The second-order valence-corrected chi connectivity index (χ2v) is 41.8. The largest absolute Gasteiger partial charge is 1.00 e. The molecule has 0 saturated carbocycles. The van der Waals surface area contributed by atoms with E-state index in [4.69, 9.17) is 0 Å². The van der Waals surface area contributed by atoms with E-state index in [9.17, 15) is 0 Å². The zero-order chi connectivity index (χ0) is 72.6. The smallest absolute Gasteiger partial charge is 1.00 e. The first-order valence-corrected chi connectivity index (χ1v) is 49.1. The van der Waals surface area contributed by atoms with Gasteiger partial charge in [0.05, 0.1) is 0 Å². The normalized spacial score (nSPS) is 12.5. The maximum Gasteiger partial charge on any atom is -1.00 e. The van der Waals surface area contributed by atoms with Gasteiger partial charge in [-0.15, -0.1) is 0 Å². The van der Waals surface area contributed by atoms with Gasteiger partial charge >= 0.3 is 403 Å². The summed E-state index contributed by atoms with van der Waals surface area (Å²) in [5.74, 6) is 0. The second kappa shape index (κ2) is 57.7. The number of unbranched alkanes of at least 4 members (excludes halogenated alkanes) is 54. The van der Waals surface area contributed by atoms with Crippen LogP contribution in [0.1, 0.15) is 468 Å². The summed E-state index contributed by atoms with van der Waals surface area (Å²) in [6.07, 6.45) is 93.9. The van der Waals surface area contributed by atoms with Crippen molar-refractivity contribution in [2.75, 3.05) is 0 Å². The molecule has 6 rings (SSSR count). The molecule has 0 fully saturated rings. The van der Waals surface area contributed by atoms with Gasteiger partial charge in [0.15, 0.2) is 0 Å². The summed E-state index contributed by atoms with van der Waals surface area (Å²) in [6.45, 7) is 24.3. The maximum atomic E-state index is 2.74. The number of rotatable bonds is 62. The van der Waals surface area contributed by atoms with Crippen molar-refractivity contribution < 1.29 is 46.1 Å². The van der Waals surface area contributed by atoms with Gasteiger partial charge in [0, 0.05) is 0 Å².